The zero-order valence-electron chi connectivity index (χ0n) is 13.5. The van der Waals surface area contributed by atoms with Crippen molar-refractivity contribution in [3.63, 3.8) is 0 Å². The average molecular weight is 331 g/mol. The molecule has 5 heteroatoms. The van der Waals surface area contributed by atoms with Crippen LogP contribution in [0.4, 0.5) is 0 Å². The molecule has 1 saturated heterocycles. The number of aromatic nitrogens is 1. The van der Waals surface area contributed by atoms with Crippen LogP contribution in [0.25, 0.3) is 16.5 Å². The Morgan fingerprint density at radius 2 is 1.76 bits per heavy atom. The van der Waals surface area contributed by atoms with E-state index in [1.54, 1.807) is 12.1 Å². The van der Waals surface area contributed by atoms with E-state index < -0.39 is 0 Å². The Hall–Kier alpha value is -2.97. The fourth-order valence-corrected chi connectivity index (χ4v) is 4.48. The van der Waals surface area contributed by atoms with Gasteiger partial charge in [-0.2, -0.15) is 5.26 Å². The minimum absolute atomic E-state index is 0.0943. The first-order valence-corrected chi connectivity index (χ1v) is 8.52. The fraction of sp³-hybridized carbons (Fsp3) is 0.250. The summed E-state index contributed by atoms with van der Waals surface area (Å²) in [6, 6.07) is 13.4. The molecule has 2 bridgehead atoms. The summed E-state index contributed by atoms with van der Waals surface area (Å²) in [6.45, 7) is 0.836. The van der Waals surface area contributed by atoms with Gasteiger partial charge in [-0.15, -0.1) is 0 Å². The topological polar surface area (TPSA) is 81.2 Å². The molecule has 2 aromatic carbocycles. The standard InChI is InChI=1S/C20H17N3O2/c21-9-11-6-8-16(14-4-2-1-3-13(11)14)23-19(24)17-12-5-7-15(22-10-12)18(17)20(23)25/h1-4,6,8,12,15,22,24-25H,5,7,10H2. The van der Waals surface area contributed by atoms with Gasteiger partial charge in [0.05, 0.1) is 17.3 Å². The van der Waals surface area contributed by atoms with Crippen molar-refractivity contribution in [1.29, 1.82) is 5.26 Å². The van der Waals surface area contributed by atoms with E-state index in [0.717, 1.165) is 41.3 Å². The Kier molecular flexibility index (Phi) is 2.88. The first kappa shape index (κ1) is 14.4. The normalized spacial score (nSPS) is 21.2. The number of benzene rings is 2. The van der Waals surface area contributed by atoms with Gasteiger partial charge in [-0.25, -0.2) is 0 Å². The summed E-state index contributed by atoms with van der Waals surface area (Å²) in [5.41, 5.74) is 2.98. The zero-order valence-corrected chi connectivity index (χ0v) is 13.5. The number of fused-ring (bicyclic) bond motifs is 3. The second kappa shape index (κ2) is 5.01. The second-order valence-corrected chi connectivity index (χ2v) is 6.83. The number of nitrogens with zero attached hydrogens (tertiary/aromatic N) is 2. The van der Waals surface area contributed by atoms with Crippen molar-refractivity contribution < 1.29 is 10.2 Å². The number of hydrogen-bond acceptors (Lipinski definition) is 4. The molecule has 1 aromatic heterocycles. The van der Waals surface area contributed by atoms with Gasteiger partial charge in [0, 0.05) is 40.4 Å². The summed E-state index contributed by atoms with van der Waals surface area (Å²) in [5, 5.41) is 36.3. The van der Waals surface area contributed by atoms with Crippen LogP contribution in [0.15, 0.2) is 36.4 Å². The van der Waals surface area contributed by atoms with Gasteiger partial charge >= 0.3 is 0 Å². The predicted molar refractivity (Wildman–Crippen MR) is 94.0 cm³/mol. The van der Waals surface area contributed by atoms with Crippen LogP contribution in [0.2, 0.25) is 0 Å². The van der Waals surface area contributed by atoms with Crippen molar-refractivity contribution in [3.05, 3.63) is 53.1 Å². The maximum Gasteiger partial charge on any atom is 0.203 e. The molecule has 0 radical (unpaired) electrons. The molecule has 1 aliphatic carbocycles. The van der Waals surface area contributed by atoms with Gasteiger partial charge in [0.2, 0.25) is 11.8 Å². The van der Waals surface area contributed by atoms with Gasteiger partial charge < -0.3 is 15.5 Å². The summed E-state index contributed by atoms with van der Waals surface area (Å²) in [6.07, 6.45) is 2.00. The Bertz CT molecular complexity index is 1020. The number of nitrogens with one attached hydrogen (secondary N) is 1. The molecule has 1 fully saturated rings. The summed E-state index contributed by atoms with van der Waals surface area (Å²) >= 11 is 0. The van der Waals surface area contributed by atoms with Crippen LogP contribution in [-0.2, 0) is 0 Å². The van der Waals surface area contributed by atoms with E-state index in [9.17, 15) is 15.5 Å². The minimum Gasteiger partial charge on any atom is -0.494 e. The average Bonchev–Trinajstić information content (AvgIpc) is 2.95. The highest BCUT2D eigenvalue weighted by Crippen LogP contribution is 2.52. The molecule has 3 heterocycles. The van der Waals surface area contributed by atoms with Crippen LogP contribution >= 0.6 is 0 Å². The van der Waals surface area contributed by atoms with Gasteiger partial charge in [0.25, 0.3) is 0 Å². The van der Waals surface area contributed by atoms with Gasteiger partial charge in [-0.3, -0.25) is 4.57 Å². The first-order valence-electron chi connectivity index (χ1n) is 8.52. The summed E-state index contributed by atoms with van der Waals surface area (Å²) in [4.78, 5) is 0. The highest BCUT2D eigenvalue weighted by atomic mass is 16.3. The predicted octanol–water partition coefficient (Wildman–Crippen LogP) is 3.44. The number of piperidine rings is 1. The molecule has 3 N–H and O–H groups in total. The van der Waals surface area contributed by atoms with E-state index in [4.69, 9.17) is 0 Å². The lowest BCUT2D eigenvalue weighted by molar-refractivity contribution is 0.321. The molecular weight excluding hydrogens is 314 g/mol. The van der Waals surface area contributed by atoms with E-state index in [1.165, 1.54) is 4.57 Å². The number of hydrogen-bond donors (Lipinski definition) is 3. The molecule has 3 aromatic rings. The lowest BCUT2D eigenvalue weighted by Crippen LogP contribution is -2.37. The Morgan fingerprint density at radius 3 is 2.44 bits per heavy atom. The van der Waals surface area contributed by atoms with Crippen molar-refractivity contribution >= 4 is 10.8 Å². The zero-order chi connectivity index (χ0) is 17.1. The van der Waals surface area contributed by atoms with E-state index in [1.807, 2.05) is 24.3 Å². The number of aromatic hydroxyl groups is 2. The number of nitriles is 1. The monoisotopic (exact) mass is 331 g/mol. The molecular formula is C20H17N3O2. The minimum atomic E-state index is 0.0943. The van der Waals surface area contributed by atoms with Crippen LogP contribution in [0.5, 0.6) is 11.8 Å². The lowest BCUT2D eigenvalue weighted by Gasteiger charge is -2.36. The maximum absolute atomic E-state index is 10.9. The van der Waals surface area contributed by atoms with Crippen molar-refractivity contribution in [2.75, 3.05) is 6.54 Å². The molecule has 0 saturated carbocycles. The molecule has 5 nitrogen and oxygen atoms in total. The van der Waals surface area contributed by atoms with Crippen LogP contribution in [-0.4, -0.2) is 21.3 Å². The van der Waals surface area contributed by atoms with E-state index in [2.05, 4.69) is 11.4 Å². The Morgan fingerprint density at radius 1 is 1.00 bits per heavy atom. The van der Waals surface area contributed by atoms with Gasteiger partial charge in [-0.1, -0.05) is 24.3 Å². The highest BCUT2D eigenvalue weighted by Gasteiger charge is 2.40. The largest absolute Gasteiger partial charge is 0.494 e. The van der Waals surface area contributed by atoms with Gasteiger partial charge in [0.1, 0.15) is 0 Å². The molecule has 124 valence electrons. The molecule has 2 atom stereocenters. The fourth-order valence-electron chi connectivity index (χ4n) is 4.48. The summed E-state index contributed by atoms with van der Waals surface area (Å²) in [5.74, 6) is 0.458. The molecule has 3 aliphatic rings. The van der Waals surface area contributed by atoms with Crippen LogP contribution < -0.4 is 5.32 Å². The molecule has 0 amide bonds. The molecule has 0 spiro atoms. The summed E-state index contributed by atoms with van der Waals surface area (Å²) in [7, 11) is 0. The van der Waals surface area contributed by atoms with Crippen LogP contribution in [0.1, 0.15) is 41.5 Å². The Labute approximate surface area is 144 Å². The lowest BCUT2D eigenvalue weighted by atomic mass is 9.78. The summed E-state index contributed by atoms with van der Waals surface area (Å²) < 4.78 is 1.53. The van der Waals surface area contributed by atoms with Crippen LogP contribution in [0.3, 0.4) is 0 Å². The number of rotatable bonds is 1. The van der Waals surface area contributed by atoms with Crippen LogP contribution in [0, 0.1) is 11.3 Å². The Balaban J connectivity index is 1.84. The smallest absolute Gasteiger partial charge is 0.203 e. The third-order valence-corrected chi connectivity index (χ3v) is 5.63. The molecule has 2 aliphatic heterocycles. The van der Waals surface area contributed by atoms with Crippen molar-refractivity contribution in [2.45, 2.75) is 24.8 Å². The van der Waals surface area contributed by atoms with E-state index in [-0.39, 0.29) is 23.7 Å². The SMILES string of the molecule is N#Cc1ccc(-n2c(O)c3c(c2O)C2CCC3CN2)c2ccccc12. The second-order valence-electron chi connectivity index (χ2n) is 6.83. The van der Waals surface area contributed by atoms with Crippen molar-refractivity contribution in [2.24, 2.45) is 0 Å². The first-order chi connectivity index (χ1) is 12.2. The molecule has 2 unspecified atom stereocenters. The van der Waals surface area contributed by atoms with E-state index in [0.29, 0.717) is 11.3 Å². The van der Waals surface area contributed by atoms with Crippen molar-refractivity contribution in [3.8, 4) is 23.5 Å². The molecule has 25 heavy (non-hydrogen) atoms. The van der Waals surface area contributed by atoms with Crippen molar-refractivity contribution in [1.82, 2.24) is 9.88 Å². The quantitative estimate of drug-likeness (QED) is 0.638. The highest BCUT2D eigenvalue weighted by molar-refractivity contribution is 5.95. The van der Waals surface area contributed by atoms with Gasteiger partial charge in [-0.05, 0) is 25.0 Å². The third-order valence-electron chi connectivity index (χ3n) is 5.63. The molecule has 6 rings (SSSR count). The van der Waals surface area contributed by atoms with Gasteiger partial charge in [0.15, 0.2) is 0 Å². The van der Waals surface area contributed by atoms with E-state index >= 15 is 0 Å². The maximum atomic E-state index is 10.9. The third kappa shape index (κ3) is 1.80.